The van der Waals surface area contributed by atoms with Gasteiger partial charge in [-0.05, 0) is 49.6 Å². The fraction of sp³-hybridized carbons (Fsp3) is 0.333. The van der Waals surface area contributed by atoms with Crippen molar-refractivity contribution in [2.24, 2.45) is 0 Å². The first-order valence-electron chi connectivity index (χ1n) is 8.06. The third-order valence-corrected chi connectivity index (χ3v) is 4.72. The van der Waals surface area contributed by atoms with Gasteiger partial charge in [0, 0.05) is 12.2 Å². The molecule has 1 aliphatic rings. The number of fused-ring (bicyclic) bond motifs is 2. The van der Waals surface area contributed by atoms with Gasteiger partial charge < -0.3 is 0 Å². The monoisotopic (exact) mass is 308 g/mol. The summed E-state index contributed by atoms with van der Waals surface area (Å²) in [4.78, 5) is 14.7. The molecule has 118 valence electrons. The van der Waals surface area contributed by atoms with Gasteiger partial charge in [0.1, 0.15) is 0 Å². The smallest absolute Gasteiger partial charge is 0.280 e. The molecular weight excluding hydrogens is 288 g/mol. The van der Waals surface area contributed by atoms with Gasteiger partial charge in [-0.2, -0.15) is 4.68 Å². The van der Waals surface area contributed by atoms with Crippen LogP contribution in [0.3, 0.4) is 0 Å². The van der Waals surface area contributed by atoms with Crippen LogP contribution in [0.4, 0.5) is 0 Å². The molecule has 2 aromatic heterocycles. The summed E-state index contributed by atoms with van der Waals surface area (Å²) in [7, 11) is 2.07. The maximum atomic E-state index is 12.4. The van der Waals surface area contributed by atoms with Crippen LogP contribution in [0.15, 0.2) is 53.5 Å². The number of hydrogen-bond acceptors (Lipinski definition) is 3. The van der Waals surface area contributed by atoms with Crippen LogP contribution in [0.25, 0.3) is 5.65 Å². The Morgan fingerprint density at radius 3 is 2.91 bits per heavy atom. The van der Waals surface area contributed by atoms with Gasteiger partial charge in [-0.1, -0.05) is 30.3 Å². The Labute approximate surface area is 134 Å². The highest BCUT2D eigenvalue weighted by Gasteiger charge is 2.24. The van der Waals surface area contributed by atoms with Crippen molar-refractivity contribution in [3.8, 4) is 0 Å². The van der Waals surface area contributed by atoms with Crippen LogP contribution in [-0.4, -0.2) is 26.1 Å². The maximum Gasteiger partial charge on any atom is 0.351 e. The van der Waals surface area contributed by atoms with E-state index < -0.39 is 0 Å². The molecule has 0 saturated heterocycles. The Balaban J connectivity index is 1.64. The summed E-state index contributed by atoms with van der Waals surface area (Å²) in [6.07, 6.45) is 5.22. The van der Waals surface area contributed by atoms with E-state index in [1.54, 1.807) is 15.3 Å². The first-order chi connectivity index (χ1) is 11.2. The molecule has 1 aromatic carbocycles. The zero-order valence-corrected chi connectivity index (χ0v) is 13.2. The van der Waals surface area contributed by atoms with Crippen LogP contribution in [-0.2, 0) is 13.1 Å². The molecule has 0 N–H and O–H groups in total. The van der Waals surface area contributed by atoms with Gasteiger partial charge in [-0.3, -0.25) is 9.30 Å². The molecule has 5 nitrogen and oxygen atoms in total. The summed E-state index contributed by atoms with van der Waals surface area (Å²) in [6, 6.07) is 14.6. The SMILES string of the molecule is CN(Cn1nc2ccccn2c1=O)C1CCCc2ccccc21. The number of rotatable bonds is 3. The Morgan fingerprint density at radius 2 is 2.04 bits per heavy atom. The summed E-state index contributed by atoms with van der Waals surface area (Å²) in [5.74, 6) is 0. The molecule has 0 saturated carbocycles. The lowest BCUT2D eigenvalue weighted by molar-refractivity contribution is 0.164. The number of hydrogen-bond donors (Lipinski definition) is 0. The Bertz CT molecular complexity index is 895. The average molecular weight is 308 g/mol. The zero-order valence-electron chi connectivity index (χ0n) is 13.2. The number of benzene rings is 1. The summed E-state index contributed by atoms with van der Waals surface area (Å²) in [5.41, 5.74) is 3.42. The lowest BCUT2D eigenvalue weighted by Crippen LogP contribution is -2.34. The molecule has 0 fully saturated rings. The summed E-state index contributed by atoms with van der Waals surface area (Å²) in [6.45, 7) is 0.500. The van der Waals surface area contributed by atoms with E-state index in [0.717, 1.165) is 12.8 Å². The molecule has 2 heterocycles. The molecule has 0 spiro atoms. The minimum atomic E-state index is -0.0865. The lowest BCUT2D eigenvalue weighted by Gasteiger charge is -2.32. The fourth-order valence-corrected chi connectivity index (χ4v) is 3.56. The van der Waals surface area contributed by atoms with Gasteiger partial charge in [0.15, 0.2) is 5.65 Å². The van der Waals surface area contributed by atoms with Gasteiger partial charge in [0.25, 0.3) is 0 Å². The van der Waals surface area contributed by atoms with Crippen molar-refractivity contribution in [1.82, 2.24) is 19.1 Å². The number of pyridine rings is 1. The van der Waals surface area contributed by atoms with Crippen LogP contribution in [0.5, 0.6) is 0 Å². The van der Waals surface area contributed by atoms with E-state index >= 15 is 0 Å². The third-order valence-electron chi connectivity index (χ3n) is 4.72. The largest absolute Gasteiger partial charge is 0.351 e. The van der Waals surface area contributed by atoms with Crippen molar-refractivity contribution in [3.63, 3.8) is 0 Å². The van der Waals surface area contributed by atoms with E-state index in [1.807, 2.05) is 18.2 Å². The van der Waals surface area contributed by atoms with E-state index in [-0.39, 0.29) is 5.69 Å². The molecule has 0 bridgehead atoms. The van der Waals surface area contributed by atoms with Crippen molar-refractivity contribution in [1.29, 1.82) is 0 Å². The van der Waals surface area contributed by atoms with Crippen molar-refractivity contribution < 1.29 is 0 Å². The predicted molar refractivity (Wildman–Crippen MR) is 89.3 cm³/mol. The normalized spacial score (nSPS) is 17.6. The highest BCUT2D eigenvalue weighted by atomic mass is 16.2. The van der Waals surface area contributed by atoms with Crippen LogP contribution in [0.1, 0.15) is 30.0 Å². The zero-order chi connectivity index (χ0) is 15.8. The van der Waals surface area contributed by atoms with Crippen LogP contribution < -0.4 is 5.69 Å². The van der Waals surface area contributed by atoms with Crippen molar-refractivity contribution in [2.75, 3.05) is 7.05 Å². The van der Waals surface area contributed by atoms with E-state index in [4.69, 9.17) is 0 Å². The number of nitrogens with zero attached hydrogens (tertiary/aromatic N) is 4. The van der Waals surface area contributed by atoms with Crippen LogP contribution in [0, 0.1) is 0 Å². The number of aryl methyl sites for hydroxylation is 1. The molecule has 1 aliphatic carbocycles. The summed E-state index contributed by atoms with van der Waals surface area (Å²) >= 11 is 0. The van der Waals surface area contributed by atoms with E-state index in [2.05, 4.69) is 41.3 Å². The minimum absolute atomic E-state index is 0.0865. The number of aromatic nitrogens is 3. The molecule has 0 aliphatic heterocycles. The third kappa shape index (κ3) is 2.47. The van der Waals surface area contributed by atoms with Crippen LogP contribution >= 0.6 is 0 Å². The highest BCUT2D eigenvalue weighted by Crippen LogP contribution is 2.33. The van der Waals surface area contributed by atoms with Crippen molar-refractivity contribution in [2.45, 2.75) is 32.0 Å². The lowest BCUT2D eigenvalue weighted by atomic mass is 9.87. The molecule has 0 radical (unpaired) electrons. The van der Waals surface area contributed by atoms with Gasteiger partial charge >= 0.3 is 5.69 Å². The first kappa shape index (κ1) is 14.2. The van der Waals surface area contributed by atoms with E-state index in [1.165, 1.54) is 17.5 Å². The molecule has 4 rings (SSSR count). The molecule has 23 heavy (non-hydrogen) atoms. The molecule has 1 atom stereocenters. The highest BCUT2D eigenvalue weighted by molar-refractivity contribution is 5.35. The Morgan fingerprint density at radius 1 is 1.22 bits per heavy atom. The minimum Gasteiger partial charge on any atom is -0.280 e. The Kier molecular flexibility index (Phi) is 3.50. The average Bonchev–Trinajstić information content (AvgIpc) is 2.90. The maximum absolute atomic E-state index is 12.4. The second-order valence-electron chi connectivity index (χ2n) is 6.22. The summed E-state index contributed by atoms with van der Waals surface area (Å²) < 4.78 is 3.13. The predicted octanol–water partition coefficient (Wildman–Crippen LogP) is 2.46. The molecule has 1 unspecified atom stereocenters. The Hall–Kier alpha value is -2.40. The second kappa shape index (κ2) is 5.66. The van der Waals surface area contributed by atoms with Crippen molar-refractivity contribution in [3.05, 3.63) is 70.3 Å². The fourth-order valence-electron chi connectivity index (χ4n) is 3.56. The second-order valence-corrected chi connectivity index (χ2v) is 6.22. The molecular formula is C18H20N4O. The standard InChI is InChI=1S/C18H20N4O/c1-20(16-10-6-8-14-7-2-3-9-15(14)16)13-22-18(23)21-12-5-4-11-17(21)19-22/h2-5,7,9,11-12,16H,6,8,10,13H2,1H3. The molecule has 0 amide bonds. The van der Waals surface area contributed by atoms with Gasteiger partial charge in [-0.15, -0.1) is 5.10 Å². The van der Waals surface area contributed by atoms with Crippen LogP contribution in [0.2, 0.25) is 0 Å². The summed E-state index contributed by atoms with van der Waals surface area (Å²) in [5, 5.41) is 4.43. The van der Waals surface area contributed by atoms with Gasteiger partial charge in [0.05, 0.1) is 6.67 Å². The van der Waals surface area contributed by atoms with E-state index in [9.17, 15) is 4.79 Å². The first-order valence-corrected chi connectivity index (χ1v) is 8.06. The quantitative estimate of drug-likeness (QED) is 0.746. The molecule has 5 heteroatoms. The molecule has 3 aromatic rings. The van der Waals surface area contributed by atoms with Gasteiger partial charge in [0.2, 0.25) is 0 Å². The topological polar surface area (TPSA) is 42.5 Å². The van der Waals surface area contributed by atoms with E-state index in [0.29, 0.717) is 18.4 Å². The van der Waals surface area contributed by atoms with Crippen molar-refractivity contribution >= 4 is 5.65 Å². The van der Waals surface area contributed by atoms with Gasteiger partial charge in [-0.25, -0.2) is 4.79 Å².